The lowest BCUT2D eigenvalue weighted by Gasteiger charge is -2.13. The Hall–Kier alpha value is -0.250. The van der Waals surface area contributed by atoms with Crippen molar-refractivity contribution in [2.24, 2.45) is 0 Å². The van der Waals surface area contributed by atoms with Crippen LogP contribution in [0.25, 0.3) is 0 Å². The number of benzene rings is 1. The molecule has 0 saturated heterocycles. The zero-order chi connectivity index (χ0) is 9.46. The summed E-state index contributed by atoms with van der Waals surface area (Å²) in [6.07, 6.45) is 0. The van der Waals surface area contributed by atoms with Crippen LogP contribution in [0.2, 0.25) is 0 Å². The van der Waals surface area contributed by atoms with Crippen molar-refractivity contribution >= 4 is 28.3 Å². The lowest BCUT2D eigenvalue weighted by molar-refractivity contribution is 1.21. The third kappa shape index (κ3) is 1.32. The first kappa shape index (κ1) is 9.84. The van der Waals surface area contributed by atoms with Gasteiger partial charge in [-0.15, -0.1) is 0 Å². The number of hydrogen-bond donors (Lipinski definition) is 1. The molecule has 0 aromatic heterocycles. The van der Waals surface area contributed by atoms with Gasteiger partial charge >= 0.3 is 0 Å². The average molecular weight is 275 g/mol. The molecule has 0 saturated carbocycles. The fourth-order valence-electron chi connectivity index (χ4n) is 1.33. The van der Waals surface area contributed by atoms with E-state index in [1.807, 2.05) is 0 Å². The van der Waals surface area contributed by atoms with E-state index in [2.05, 4.69) is 50.3 Å². The second kappa shape index (κ2) is 3.24. The van der Waals surface area contributed by atoms with Crippen molar-refractivity contribution < 1.29 is 0 Å². The highest BCUT2D eigenvalue weighted by molar-refractivity contribution is 14.1. The minimum atomic E-state index is 0.947. The highest BCUT2D eigenvalue weighted by Crippen LogP contribution is 2.28. The van der Waals surface area contributed by atoms with Gasteiger partial charge in [0.1, 0.15) is 0 Å². The molecule has 1 rings (SSSR count). The maximum atomic E-state index is 5.95. The first-order chi connectivity index (χ1) is 5.46. The van der Waals surface area contributed by atoms with Crippen LogP contribution in [0.1, 0.15) is 22.3 Å². The molecule has 12 heavy (non-hydrogen) atoms. The Morgan fingerprint density at radius 2 is 1.33 bits per heavy atom. The van der Waals surface area contributed by atoms with Gasteiger partial charge in [-0.25, -0.2) is 0 Å². The van der Waals surface area contributed by atoms with E-state index in [9.17, 15) is 0 Å². The molecule has 0 amide bonds. The summed E-state index contributed by atoms with van der Waals surface area (Å²) in [6, 6.07) is 0. The third-order valence-electron chi connectivity index (χ3n) is 2.59. The SMILES string of the molecule is Cc1c(C)c(N)c(C)c(I)c1C. The van der Waals surface area contributed by atoms with E-state index in [-0.39, 0.29) is 0 Å². The number of nitrogens with two attached hydrogens (primary N) is 1. The van der Waals surface area contributed by atoms with E-state index in [4.69, 9.17) is 5.73 Å². The minimum Gasteiger partial charge on any atom is -0.398 e. The smallest absolute Gasteiger partial charge is 0.0386 e. The summed E-state index contributed by atoms with van der Waals surface area (Å²) < 4.78 is 1.30. The lowest BCUT2D eigenvalue weighted by atomic mass is 9.99. The molecular formula is C10H14IN. The van der Waals surface area contributed by atoms with E-state index >= 15 is 0 Å². The standard InChI is InChI=1S/C10H14IN/c1-5-6(2)9(11)8(4)10(12)7(5)3/h12H2,1-4H3. The second-order valence-electron chi connectivity index (χ2n) is 3.23. The van der Waals surface area contributed by atoms with Crippen molar-refractivity contribution in [1.82, 2.24) is 0 Å². The molecule has 0 bridgehead atoms. The second-order valence-corrected chi connectivity index (χ2v) is 4.31. The molecule has 0 radical (unpaired) electrons. The molecule has 0 aliphatic rings. The van der Waals surface area contributed by atoms with E-state index in [0.29, 0.717) is 0 Å². The molecule has 1 nitrogen and oxygen atoms in total. The summed E-state index contributed by atoms with van der Waals surface area (Å²) in [5, 5.41) is 0. The van der Waals surface area contributed by atoms with Crippen LogP contribution in [0.4, 0.5) is 5.69 Å². The molecule has 2 N–H and O–H groups in total. The first-order valence-corrected chi connectivity index (χ1v) is 5.06. The highest BCUT2D eigenvalue weighted by Gasteiger charge is 2.09. The predicted octanol–water partition coefficient (Wildman–Crippen LogP) is 3.11. The van der Waals surface area contributed by atoms with Gasteiger partial charge in [-0.1, -0.05) is 0 Å². The van der Waals surface area contributed by atoms with Gasteiger partial charge in [0, 0.05) is 9.26 Å². The molecule has 0 aliphatic carbocycles. The molecule has 1 aromatic rings. The number of rotatable bonds is 0. The Kier molecular flexibility index (Phi) is 2.66. The maximum absolute atomic E-state index is 5.95. The van der Waals surface area contributed by atoms with Crippen LogP contribution in [0, 0.1) is 31.3 Å². The van der Waals surface area contributed by atoms with E-state index in [1.54, 1.807) is 0 Å². The molecule has 0 unspecified atom stereocenters. The minimum absolute atomic E-state index is 0.947. The van der Waals surface area contributed by atoms with Crippen LogP contribution in [0.5, 0.6) is 0 Å². The van der Waals surface area contributed by atoms with Gasteiger partial charge < -0.3 is 5.73 Å². The van der Waals surface area contributed by atoms with Gasteiger partial charge in [-0.3, -0.25) is 0 Å². The Morgan fingerprint density at radius 3 is 1.83 bits per heavy atom. The Labute approximate surface area is 87.5 Å². The number of anilines is 1. The zero-order valence-electron chi connectivity index (χ0n) is 7.96. The van der Waals surface area contributed by atoms with Crippen molar-refractivity contribution in [2.45, 2.75) is 27.7 Å². The Balaban J connectivity index is 3.60. The summed E-state index contributed by atoms with van der Waals surface area (Å²) in [5.41, 5.74) is 12.0. The van der Waals surface area contributed by atoms with Crippen LogP contribution >= 0.6 is 22.6 Å². The highest BCUT2D eigenvalue weighted by atomic mass is 127. The molecule has 0 fully saturated rings. The van der Waals surface area contributed by atoms with Crippen LogP contribution in [0.15, 0.2) is 0 Å². The van der Waals surface area contributed by atoms with Gasteiger partial charge in [-0.2, -0.15) is 0 Å². The summed E-state index contributed by atoms with van der Waals surface area (Å²) >= 11 is 2.36. The molecule has 0 aliphatic heterocycles. The number of nitrogen functional groups attached to an aromatic ring is 1. The first-order valence-electron chi connectivity index (χ1n) is 3.98. The summed E-state index contributed by atoms with van der Waals surface area (Å²) in [4.78, 5) is 0. The van der Waals surface area contributed by atoms with Crippen LogP contribution in [-0.2, 0) is 0 Å². The van der Waals surface area contributed by atoms with Crippen molar-refractivity contribution in [3.63, 3.8) is 0 Å². The fraction of sp³-hybridized carbons (Fsp3) is 0.400. The summed E-state index contributed by atoms with van der Waals surface area (Å²) in [6.45, 7) is 8.44. The monoisotopic (exact) mass is 275 g/mol. The van der Waals surface area contributed by atoms with Crippen molar-refractivity contribution in [1.29, 1.82) is 0 Å². The molecule has 1 aromatic carbocycles. The normalized spacial score (nSPS) is 10.4. The van der Waals surface area contributed by atoms with Gasteiger partial charge in [0.15, 0.2) is 0 Å². The molecule has 66 valence electrons. The van der Waals surface area contributed by atoms with Crippen molar-refractivity contribution in [2.75, 3.05) is 5.73 Å². The molecule has 0 heterocycles. The quantitative estimate of drug-likeness (QED) is 0.571. The summed E-state index contributed by atoms with van der Waals surface area (Å²) in [5.74, 6) is 0. The maximum Gasteiger partial charge on any atom is 0.0386 e. The Bertz CT molecular complexity index is 224. The average Bonchev–Trinajstić information content (AvgIpc) is 2.08. The predicted molar refractivity (Wildman–Crippen MR) is 62.5 cm³/mol. The lowest BCUT2D eigenvalue weighted by Crippen LogP contribution is -2.01. The summed E-state index contributed by atoms with van der Waals surface area (Å²) in [7, 11) is 0. The van der Waals surface area contributed by atoms with Crippen LogP contribution < -0.4 is 5.73 Å². The largest absolute Gasteiger partial charge is 0.398 e. The molecular weight excluding hydrogens is 261 g/mol. The van der Waals surface area contributed by atoms with Gasteiger partial charge in [0.2, 0.25) is 0 Å². The van der Waals surface area contributed by atoms with E-state index in [0.717, 1.165) is 5.69 Å². The topological polar surface area (TPSA) is 26.0 Å². The van der Waals surface area contributed by atoms with Crippen molar-refractivity contribution in [3.05, 3.63) is 25.8 Å². The van der Waals surface area contributed by atoms with Gasteiger partial charge in [0.05, 0.1) is 0 Å². The molecule has 0 atom stereocenters. The van der Waals surface area contributed by atoms with E-state index < -0.39 is 0 Å². The molecule has 0 spiro atoms. The van der Waals surface area contributed by atoms with Gasteiger partial charge in [0.25, 0.3) is 0 Å². The number of halogens is 1. The van der Waals surface area contributed by atoms with Crippen LogP contribution in [-0.4, -0.2) is 0 Å². The van der Waals surface area contributed by atoms with Crippen LogP contribution in [0.3, 0.4) is 0 Å². The Morgan fingerprint density at radius 1 is 0.833 bits per heavy atom. The fourth-order valence-corrected chi connectivity index (χ4v) is 2.02. The zero-order valence-corrected chi connectivity index (χ0v) is 10.1. The molecule has 2 heteroatoms. The number of hydrogen-bond acceptors (Lipinski definition) is 1. The van der Waals surface area contributed by atoms with E-state index in [1.165, 1.54) is 25.8 Å². The third-order valence-corrected chi connectivity index (χ3v) is 4.21. The van der Waals surface area contributed by atoms with Gasteiger partial charge in [-0.05, 0) is 72.5 Å². The van der Waals surface area contributed by atoms with Crippen molar-refractivity contribution in [3.8, 4) is 0 Å².